The first-order valence-corrected chi connectivity index (χ1v) is 11.0. The third-order valence-corrected chi connectivity index (χ3v) is 5.76. The molecule has 8 nitrogen and oxygen atoms in total. The van der Waals surface area contributed by atoms with Crippen molar-refractivity contribution in [1.82, 2.24) is 20.0 Å². The topological polar surface area (TPSA) is 108 Å². The first-order chi connectivity index (χ1) is 15.5. The van der Waals surface area contributed by atoms with Gasteiger partial charge in [0.05, 0.1) is 5.02 Å². The van der Waals surface area contributed by atoms with Gasteiger partial charge in [-0.05, 0) is 51.0 Å². The number of hydrogen-bond donors (Lipinski definition) is 2. The van der Waals surface area contributed by atoms with Gasteiger partial charge in [-0.15, -0.1) is 0 Å². The predicted molar refractivity (Wildman–Crippen MR) is 124 cm³/mol. The Morgan fingerprint density at radius 1 is 1.31 bits per heavy atom. The maximum atomic E-state index is 12.7. The molecular formula is C23H25ClN6O2. The lowest BCUT2D eigenvalue weighted by Gasteiger charge is -2.30. The Balaban J connectivity index is 1.44. The van der Waals surface area contributed by atoms with Gasteiger partial charge >= 0.3 is 0 Å². The number of anilines is 1. The molecule has 0 saturated carbocycles. The molecule has 0 bridgehead atoms. The van der Waals surface area contributed by atoms with Gasteiger partial charge < -0.3 is 20.1 Å². The SMILES string of the molecule is CC(C)Nc1cc(-c2nc(C3CCN(C(=O)c4ncccc4Cl)CC3)no2)ccc1C=N. The molecule has 3 aromatic rings. The van der Waals surface area contributed by atoms with Crippen LogP contribution in [0.5, 0.6) is 0 Å². The molecule has 0 spiro atoms. The van der Waals surface area contributed by atoms with Crippen LogP contribution in [0.15, 0.2) is 41.1 Å². The standard InChI is InChI=1S/C23H25ClN6O2/c1-14(2)27-19-12-16(5-6-17(19)13-25)22-28-21(29-32-22)15-7-10-30(11-8-15)23(31)20-18(24)4-3-9-26-20/h3-6,9,12-15,25,27H,7-8,10-11H2,1-2H3. The van der Waals surface area contributed by atoms with E-state index in [4.69, 9.17) is 21.5 Å². The number of amides is 1. The number of pyridine rings is 1. The number of carbonyl (C=O) groups excluding carboxylic acids is 1. The second-order valence-electron chi connectivity index (χ2n) is 8.10. The smallest absolute Gasteiger partial charge is 0.273 e. The Morgan fingerprint density at radius 3 is 2.78 bits per heavy atom. The van der Waals surface area contributed by atoms with E-state index < -0.39 is 0 Å². The van der Waals surface area contributed by atoms with E-state index in [1.165, 1.54) is 6.21 Å². The second-order valence-corrected chi connectivity index (χ2v) is 8.51. The highest BCUT2D eigenvalue weighted by atomic mass is 35.5. The van der Waals surface area contributed by atoms with Gasteiger partial charge in [-0.25, -0.2) is 4.98 Å². The normalized spacial score (nSPS) is 14.6. The number of aromatic nitrogens is 3. The number of carbonyl (C=O) groups is 1. The minimum Gasteiger partial charge on any atom is -0.382 e. The largest absolute Gasteiger partial charge is 0.382 e. The maximum Gasteiger partial charge on any atom is 0.273 e. The van der Waals surface area contributed by atoms with E-state index in [0.717, 1.165) is 29.7 Å². The van der Waals surface area contributed by atoms with E-state index in [2.05, 4.69) is 20.4 Å². The summed E-state index contributed by atoms with van der Waals surface area (Å²) in [6, 6.07) is 9.28. The fraction of sp³-hybridized carbons (Fsp3) is 0.348. The van der Waals surface area contributed by atoms with Crippen molar-refractivity contribution in [2.45, 2.75) is 38.6 Å². The molecule has 2 N–H and O–H groups in total. The summed E-state index contributed by atoms with van der Waals surface area (Å²) >= 11 is 6.12. The van der Waals surface area contributed by atoms with E-state index in [-0.39, 0.29) is 23.6 Å². The van der Waals surface area contributed by atoms with Crippen LogP contribution in [-0.2, 0) is 0 Å². The zero-order valence-electron chi connectivity index (χ0n) is 18.0. The lowest BCUT2D eigenvalue weighted by Crippen LogP contribution is -2.38. The van der Waals surface area contributed by atoms with Gasteiger partial charge in [-0.1, -0.05) is 22.8 Å². The number of benzene rings is 1. The molecule has 32 heavy (non-hydrogen) atoms. The van der Waals surface area contributed by atoms with Crippen molar-refractivity contribution < 1.29 is 9.32 Å². The molecule has 1 saturated heterocycles. The molecule has 9 heteroatoms. The summed E-state index contributed by atoms with van der Waals surface area (Å²) < 4.78 is 5.54. The third-order valence-electron chi connectivity index (χ3n) is 5.45. The van der Waals surface area contributed by atoms with Crippen molar-refractivity contribution in [2.24, 2.45) is 0 Å². The molecule has 1 amide bonds. The molecular weight excluding hydrogens is 428 g/mol. The zero-order valence-corrected chi connectivity index (χ0v) is 18.8. The average Bonchev–Trinajstić information content (AvgIpc) is 3.29. The van der Waals surface area contributed by atoms with E-state index in [0.29, 0.717) is 29.8 Å². The highest BCUT2D eigenvalue weighted by molar-refractivity contribution is 6.33. The van der Waals surface area contributed by atoms with E-state index in [1.54, 1.807) is 23.2 Å². The number of hydrogen-bond acceptors (Lipinski definition) is 7. The lowest BCUT2D eigenvalue weighted by atomic mass is 9.96. The Kier molecular flexibility index (Phi) is 6.50. The minimum absolute atomic E-state index is 0.116. The summed E-state index contributed by atoms with van der Waals surface area (Å²) in [5, 5.41) is 15.5. The molecule has 4 rings (SSSR count). The number of nitrogens with zero attached hydrogens (tertiary/aromatic N) is 4. The number of rotatable bonds is 6. The highest BCUT2D eigenvalue weighted by Crippen LogP contribution is 2.30. The van der Waals surface area contributed by atoms with Crippen LogP contribution in [-0.4, -0.2) is 51.3 Å². The van der Waals surface area contributed by atoms with Gasteiger partial charge in [-0.2, -0.15) is 4.98 Å². The summed E-state index contributed by atoms with van der Waals surface area (Å²) in [5.74, 6) is 1.06. The Bertz CT molecular complexity index is 1120. The molecule has 1 aromatic carbocycles. The van der Waals surface area contributed by atoms with Crippen LogP contribution in [0, 0.1) is 5.41 Å². The van der Waals surface area contributed by atoms with Crippen molar-refractivity contribution >= 4 is 29.4 Å². The Labute approximate surface area is 191 Å². The first-order valence-electron chi connectivity index (χ1n) is 10.6. The van der Waals surface area contributed by atoms with Crippen LogP contribution in [0.1, 0.15) is 54.5 Å². The molecule has 0 unspecified atom stereocenters. The van der Waals surface area contributed by atoms with Crippen LogP contribution < -0.4 is 5.32 Å². The summed E-state index contributed by atoms with van der Waals surface area (Å²) in [5.41, 5.74) is 2.74. The predicted octanol–water partition coefficient (Wildman–Crippen LogP) is 4.62. The van der Waals surface area contributed by atoms with Crippen molar-refractivity contribution in [1.29, 1.82) is 5.41 Å². The quantitative estimate of drug-likeness (QED) is 0.528. The Hall–Kier alpha value is -3.26. The second kappa shape index (κ2) is 9.48. The van der Waals surface area contributed by atoms with E-state index >= 15 is 0 Å². The maximum absolute atomic E-state index is 12.7. The first kappa shape index (κ1) is 22.0. The summed E-state index contributed by atoms with van der Waals surface area (Å²) in [6.07, 6.45) is 4.37. The molecule has 166 valence electrons. The van der Waals surface area contributed by atoms with Crippen LogP contribution in [0.25, 0.3) is 11.5 Å². The van der Waals surface area contributed by atoms with Gasteiger partial charge in [0.25, 0.3) is 11.8 Å². The zero-order chi connectivity index (χ0) is 22.7. The van der Waals surface area contributed by atoms with Crippen LogP contribution in [0.3, 0.4) is 0 Å². The summed E-state index contributed by atoms with van der Waals surface area (Å²) in [4.78, 5) is 23.2. The van der Waals surface area contributed by atoms with Crippen molar-refractivity contribution in [3.63, 3.8) is 0 Å². The summed E-state index contributed by atoms with van der Waals surface area (Å²) in [6.45, 7) is 5.25. The Morgan fingerprint density at radius 2 is 2.09 bits per heavy atom. The third kappa shape index (κ3) is 4.65. The fourth-order valence-electron chi connectivity index (χ4n) is 3.80. The molecule has 0 radical (unpaired) electrons. The van der Waals surface area contributed by atoms with Gasteiger partial charge in [-0.3, -0.25) is 4.79 Å². The highest BCUT2D eigenvalue weighted by Gasteiger charge is 2.29. The van der Waals surface area contributed by atoms with E-state index in [1.807, 2.05) is 32.0 Å². The molecule has 1 fully saturated rings. The van der Waals surface area contributed by atoms with Crippen LogP contribution in [0.2, 0.25) is 5.02 Å². The molecule has 1 aliphatic rings. The molecule has 2 aromatic heterocycles. The van der Waals surface area contributed by atoms with E-state index in [9.17, 15) is 4.79 Å². The van der Waals surface area contributed by atoms with Crippen molar-refractivity contribution in [3.8, 4) is 11.5 Å². The van der Waals surface area contributed by atoms with Gasteiger partial charge in [0.2, 0.25) is 0 Å². The summed E-state index contributed by atoms with van der Waals surface area (Å²) in [7, 11) is 0. The average molecular weight is 453 g/mol. The molecule has 3 heterocycles. The molecule has 0 aliphatic carbocycles. The number of likely N-dealkylation sites (tertiary alicyclic amines) is 1. The van der Waals surface area contributed by atoms with Crippen LogP contribution >= 0.6 is 11.6 Å². The van der Waals surface area contributed by atoms with Crippen LogP contribution in [0.4, 0.5) is 5.69 Å². The minimum atomic E-state index is -0.153. The lowest BCUT2D eigenvalue weighted by molar-refractivity contribution is 0.0705. The monoisotopic (exact) mass is 452 g/mol. The van der Waals surface area contributed by atoms with Gasteiger partial charge in [0.15, 0.2) is 5.82 Å². The van der Waals surface area contributed by atoms with Gasteiger partial charge in [0.1, 0.15) is 5.69 Å². The number of piperidine rings is 1. The molecule has 1 aliphatic heterocycles. The molecule has 0 atom stereocenters. The number of halogens is 1. The van der Waals surface area contributed by atoms with Crippen molar-refractivity contribution in [3.05, 3.63) is 58.6 Å². The number of nitrogens with one attached hydrogen (secondary N) is 2. The van der Waals surface area contributed by atoms with Crippen molar-refractivity contribution in [2.75, 3.05) is 18.4 Å². The van der Waals surface area contributed by atoms with Gasteiger partial charge in [0, 0.05) is 54.3 Å². The fourth-order valence-corrected chi connectivity index (χ4v) is 4.01.